The van der Waals surface area contributed by atoms with Crippen molar-refractivity contribution in [1.82, 2.24) is 5.32 Å². The highest BCUT2D eigenvalue weighted by molar-refractivity contribution is 7.91. The number of carbonyl (C=O) groups excluding carboxylic acids is 2. The molecule has 0 unspecified atom stereocenters. The minimum absolute atomic E-state index is 0.0320. The van der Waals surface area contributed by atoms with Gasteiger partial charge in [0.2, 0.25) is 5.91 Å². The predicted octanol–water partition coefficient (Wildman–Crippen LogP) is 3.39. The van der Waals surface area contributed by atoms with Crippen molar-refractivity contribution in [1.29, 1.82) is 0 Å². The molecule has 0 saturated heterocycles. The Hall–Kier alpha value is -2.67. The van der Waals surface area contributed by atoms with E-state index in [1.165, 1.54) is 12.1 Å². The molecule has 0 saturated carbocycles. The third kappa shape index (κ3) is 5.42. The molecule has 28 heavy (non-hydrogen) atoms. The Labute approximate surface area is 166 Å². The van der Waals surface area contributed by atoms with Gasteiger partial charge in [-0.1, -0.05) is 45.0 Å². The smallest absolute Gasteiger partial charge is 0.252 e. The summed E-state index contributed by atoms with van der Waals surface area (Å²) in [5.41, 5.74) is 1.59. The third-order valence-electron chi connectivity index (χ3n) is 4.55. The van der Waals surface area contributed by atoms with E-state index in [2.05, 4.69) is 10.6 Å². The normalized spacial score (nSPS) is 12.2. The van der Waals surface area contributed by atoms with E-state index in [4.69, 9.17) is 0 Å². The van der Waals surface area contributed by atoms with Crippen LogP contribution < -0.4 is 10.6 Å². The zero-order chi connectivity index (χ0) is 20.7. The zero-order valence-electron chi connectivity index (χ0n) is 16.4. The highest BCUT2D eigenvalue weighted by Crippen LogP contribution is 2.18. The molecule has 2 aromatic carbocycles. The fourth-order valence-electron chi connectivity index (χ4n) is 2.57. The average molecular weight is 403 g/mol. The van der Waals surface area contributed by atoms with Gasteiger partial charge in [-0.3, -0.25) is 9.59 Å². The number of sulfone groups is 1. The Morgan fingerprint density at radius 2 is 1.75 bits per heavy atom. The number of anilines is 1. The van der Waals surface area contributed by atoms with E-state index in [0.717, 1.165) is 12.0 Å². The molecular formula is C21H26N2O4S. The summed E-state index contributed by atoms with van der Waals surface area (Å²) >= 11 is 0. The summed E-state index contributed by atoms with van der Waals surface area (Å²) in [5, 5.41) is 5.61. The highest BCUT2D eigenvalue weighted by atomic mass is 32.2. The van der Waals surface area contributed by atoms with Crippen molar-refractivity contribution in [3.8, 4) is 0 Å². The van der Waals surface area contributed by atoms with Gasteiger partial charge >= 0.3 is 0 Å². The van der Waals surface area contributed by atoms with E-state index < -0.39 is 15.7 Å². The van der Waals surface area contributed by atoms with Crippen LogP contribution in [-0.2, 0) is 21.2 Å². The summed E-state index contributed by atoms with van der Waals surface area (Å²) in [6.07, 6.45) is 0.752. The second kappa shape index (κ2) is 9.50. The molecule has 0 bridgehead atoms. The van der Waals surface area contributed by atoms with Gasteiger partial charge in [-0.15, -0.1) is 0 Å². The Morgan fingerprint density at radius 1 is 1.04 bits per heavy atom. The van der Waals surface area contributed by atoms with Gasteiger partial charge in [0.15, 0.2) is 9.84 Å². The fraction of sp³-hybridized carbons (Fsp3) is 0.333. The van der Waals surface area contributed by atoms with E-state index in [1.807, 2.05) is 19.9 Å². The molecule has 7 heteroatoms. The van der Waals surface area contributed by atoms with Crippen molar-refractivity contribution in [3.05, 3.63) is 59.7 Å². The zero-order valence-corrected chi connectivity index (χ0v) is 17.2. The number of rotatable bonds is 8. The standard InChI is InChI=1S/C21H26N2O4S/c1-4-15(3)20(24)23-17-10-8-9-16(13-17)14-22-21(25)18-11-6-7-12-19(18)28(26,27)5-2/h6-13,15H,4-5,14H2,1-3H3,(H,22,25)(H,23,24)/t15-/m0/s1. The van der Waals surface area contributed by atoms with E-state index in [1.54, 1.807) is 37.3 Å². The van der Waals surface area contributed by atoms with Gasteiger partial charge in [0.1, 0.15) is 0 Å². The average Bonchev–Trinajstić information content (AvgIpc) is 2.71. The molecule has 0 aromatic heterocycles. The predicted molar refractivity (Wildman–Crippen MR) is 110 cm³/mol. The molecule has 6 nitrogen and oxygen atoms in total. The Morgan fingerprint density at radius 3 is 2.43 bits per heavy atom. The van der Waals surface area contributed by atoms with Crippen molar-refractivity contribution in [3.63, 3.8) is 0 Å². The summed E-state index contributed by atoms with van der Waals surface area (Å²) in [4.78, 5) is 24.6. The first-order valence-corrected chi connectivity index (χ1v) is 10.9. The summed E-state index contributed by atoms with van der Waals surface area (Å²) in [5.74, 6) is -0.667. The maximum absolute atomic E-state index is 12.5. The SMILES string of the molecule is CC[C@H](C)C(=O)Nc1cccc(CNC(=O)c2ccccc2S(=O)(=O)CC)c1. The second-order valence-electron chi connectivity index (χ2n) is 6.58. The second-order valence-corrected chi connectivity index (χ2v) is 8.83. The van der Waals surface area contributed by atoms with Crippen molar-refractivity contribution in [2.24, 2.45) is 5.92 Å². The minimum atomic E-state index is -3.50. The molecule has 1 atom stereocenters. The number of hydrogen-bond donors (Lipinski definition) is 2. The first-order chi connectivity index (χ1) is 13.3. The molecule has 0 radical (unpaired) electrons. The minimum Gasteiger partial charge on any atom is -0.348 e. The fourth-order valence-corrected chi connectivity index (χ4v) is 3.66. The van der Waals surface area contributed by atoms with Crippen LogP contribution in [0.25, 0.3) is 0 Å². The molecule has 2 amide bonds. The number of hydrogen-bond acceptors (Lipinski definition) is 4. The maximum atomic E-state index is 12.5. The molecule has 2 aromatic rings. The van der Waals surface area contributed by atoms with Crippen molar-refractivity contribution < 1.29 is 18.0 Å². The van der Waals surface area contributed by atoms with E-state index >= 15 is 0 Å². The Balaban J connectivity index is 2.10. The van der Waals surface area contributed by atoms with Gasteiger partial charge in [0.25, 0.3) is 5.91 Å². The molecule has 150 valence electrons. The van der Waals surface area contributed by atoms with Gasteiger partial charge < -0.3 is 10.6 Å². The van der Waals surface area contributed by atoms with Crippen LogP contribution in [0.4, 0.5) is 5.69 Å². The first-order valence-electron chi connectivity index (χ1n) is 9.28. The molecule has 0 aliphatic rings. The van der Waals surface area contributed by atoms with Crippen molar-refractivity contribution >= 4 is 27.3 Å². The summed E-state index contributed by atoms with van der Waals surface area (Å²) in [7, 11) is -3.50. The molecular weight excluding hydrogens is 376 g/mol. The van der Waals surface area contributed by atoms with E-state index in [-0.39, 0.29) is 34.6 Å². The van der Waals surface area contributed by atoms with Crippen LogP contribution in [0.15, 0.2) is 53.4 Å². The maximum Gasteiger partial charge on any atom is 0.252 e. The largest absolute Gasteiger partial charge is 0.348 e. The molecule has 0 spiro atoms. The molecule has 0 aliphatic carbocycles. The van der Waals surface area contributed by atoms with E-state index in [9.17, 15) is 18.0 Å². The number of carbonyl (C=O) groups is 2. The summed E-state index contributed by atoms with van der Waals surface area (Å²) < 4.78 is 24.4. The van der Waals surface area contributed by atoms with Gasteiger partial charge in [0, 0.05) is 18.2 Å². The van der Waals surface area contributed by atoms with Crippen LogP contribution in [0, 0.1) is 5.92 Å². The van der Waals surface area contributed by atoms with Crippen LogP contribution in [0.2, 0.25) is 0 Å². The van der Waals surface area contributed by atoms with Gasteiger partial charge in [0.05, 0.1) is 16.2 Å². The van der Waals surface area contributed by atoms with Crippen molar-refractivity contribution in [2.45, 2.75) is 38.6 Å². The van der Waals surface area contributed by atoms with Gasteiger partial charge in [-0.25, -0.2) is 8.42 Å². The van der Waals surface area contributed by atoms with Crippen molar-refractivity contribution in [2.75, 3.05) is 11.1 Å². The van der Waals surface area contributed by atoms with Gasteiger partial charge in [-0.05, 0) is 36.2 Å². The highest BCUT2D eigenvalue weighted by Gasteiger charge is 2.20. The van der Waals surface area contributed by atoms with Crippen LogP contribution in [0.3, 0.4) is 0 Å². The Kier molecular flexibility index (Phi) is 7.34. The molecule has 2 rings (SSSR count). The van der Waals surface area contributed by atoms with Crippen LogP contribution in [0.1, 0.15) is 43.1 Å². The molecule has 0 fully saturated rings. The quantitative estimate of drug-likeness (QED) is 0.708. The lowest BCUT2D eigenvalue weighted by Gasteiger charge is -2.12. The first kappa shape index (κ1) is 21.6. The van der Waals surface area contributed by atoms with Crippen LogP contribution in [-0.4, -0.2) is 26.0 Å². The van der Waals surface area contributed by atoms with Gasteiger partial charge in [-0.2, -0.15) is 0 Å². The van der Waals surface area contributed by atoms with E-state index in [0.29, 0.717) is 5.69 Å². The third-order valence-corrected chi connectivity index (χ3v) is 6.34. The van der Waals surface area contributed by atoms with Crippen LogP contribution >= 0.6 is 0 Å². The topological polar surface area (TPSA) is 92.3 Å². The summed E-state index contributed by atoms with van der Waals surface area (Å²) in [6, 6.07) is 13.4. The van der Waals surface area contributed by atoms with Crippen LogP contribution in [0.5, 0.6) is 0 Å². The molecule has 0 aliphatic heterocycles. The molecule has 0 heterocycles. The lowest BCUT2D eigenvalue weighted by atomic mass is 10.1. The number of nitrogens with one attached hydrogen (secondary N) is 2. The summed E-state index contributed by atoms with van der Waals surface area (Å²) in [6.45, 7) is 5.57. The number of amides is 2. The molecule has 2 N–H and O–H groups in total. The Bertz CT molecular complexity index is 954. The monoisotopic (exact) mass is 402 g/mol. The lowest BCUT2D eigenvalue weighted by molar-refractivity contribution is -0.119. The lowest BCUT2D eigenvalue weighted by Crippen LogP contribution is -2.25. The number of benzene rings is 2.